The van der Waals surface area contributed by atoms with Gasteiger partial charge in [0.1, 0.15) is 7.85 Å². The first-order valence-corrected chi connectivity index (χ1v) is 11.3. The lowest BCUT2D eigenvalue weighted by atomic mass is 9.89. The minimum atomic E-state index is -1.83. The number of rotatable bonds is 3. The van der Waals surface area contributed by atoms with Crippen molar-refractivity contribution in [1.82, 2.24) is 4.98 Å². The van der Waals surface area contributed by atoms with E-state index in [0.717, 1.165) is 25.9 Å². The van der Waals surface area contributed by atoms with E-state index in [1.165, 1.54) is 11.3 Å². The second-order valence-electron chi connectivity index (χ2n) is 6.13. The van der Waals surface area contributed by atoms with Crippen molar-refractivity contribution in [3.8, 4) is 6.07 Å². The van der Waals surface area contributed by atoms with Gasteiger partial charge in [0, 0.05) is 21.2 Å². The average molecular weight is 322 g/mol. The van der Waals surface area contributed by atoms with Crippen LogP contribution in [0.5, 0.6) is 0 Å². The molecule has 2 aromatic heterocycles. The topological polar surface area (TPSA) is 45.9 Å². The number of fused-ring (bicyclic) bond motifs is 3. The molecule has 0 spiro atoms. The van der Waals surface area contributed by atoms with Crippen LogP contribution in [0, 0.1) is 11.3 Å². The third kappa shape index (κ3) is 2.68. The molecular weight excluding hydrogens is 307 g/mol. The van der Waals surface area contributed by atoms with Crippen LogP contribution in [0.2, 0.25) is 19.6 Å². The summed E-state index contributed by atoms with van der Waals surface area (Å²) < 4.78 is 7.05. The molecule has 0 bridgehead atoms. The number of benzene rings is 1. The fourth-order valence-electron chi connectivity index (χ4n) is 2.48. The molecule has 108 valence electrons. The molecule has 0 saturated carbocycles. The van der Waals surface area contributed by atoms with E-state index in [2.05, 4.69) is 30.7 Å². The van der Waals surface area contributed by atoms with Gasteiger partial charge in [-0.1, -0.05) is 11.5 Å². The van der Waals surface area contributed by atoms with Gasteiger partial charge in [0.15, 0.2) is 14.4 Å². The molecule has 0 aliphatic rings. The van der Waals surface area contributed by atoms with Gasteiger partial charge < -0.3 is 4.43 Å². The second kappa shape index (κ2) is 5.51. The van der Waals surface area contributed by atoms with Crippen LogP contribution in [0.3, 0.4) is 0 Å². The molecule has 2 heterocycles. The highest BCUT2D eigenvalue weighted by Crippen LogP contribution is 2.34. The summed E-state index contributed by atoms with van der Waals surface area (Å²) in [6.45, 7) is 6.21. The summed E-state index contributed by atoms with van der Waals surface area (Å²) in [7, 11) is 4.53. The van der Waals surface area contributed by atoms with Crippen LogP contribution >= 0.6 is 11.3 Å². The molecule has 1 aromatic carbocycles. The highest BCUT2D eigenvalue weighted by Gasteiger charge is 2.25. The molecule has 0 saturated heterocycles. The van der Waals surface area contributed by atoms with Crippen LogP contribution in [-0.4, -0.2) is 21.1 Å². The Morgan fingerprint density at radius 1 is 1.32 bits per heavy atom. The zero-order valence-electron chi connectivity index (χ0n) is 12.8. The van der Waals surface area contributed by atoms with E-state index < -0.39 is 14.4 Å². The number of hydrogen-bond acceptors (Lipinski definition) is 4. The maximum absolute atomic E-state index is 9.49. The zero-order valence-corrected chi connectivity index (χ0v) is 14.6. The van der Waals surface area contributed by atoms with Gasteiger partial charge in [-0.15, -0.1) is 11.3 Å². The van der Waals surface area contributed by atoms with E-state index in [0.29, 0.717) is 5.46 Å². The molecule has 0 fully saturated rings. The van der Waals surface area contributed by atoms with Gasteiger partial charge in [0.25, 0.3) is 0 Å². The average Bonchev–Trinajstić information content (AvgIpc) is 2.81. The molecule has 6 heteroatoms. The summed E-state index contributed by atoms with van der Waals surface area (Å²) in [5, 5.41) is 11.5. The Bertz CT molecular complexity index is 895. The molecule has 0 amide bonds. The largest absolute Gasteiger partial charge is 0.398 e. The number of nitrogens with zero attached hydrogens (tertiary/aromatic N) is 2. The van der Waals surface area contributed by atoms with Gasteiger partial charge in [0.05, 0.1) is 11.6 Å². The minimum Gasteiger partial charge on any atom is -0.398 e. The molecule has 0 N–H and O–H groups in total. The molecule has 0 aliphatic heterocycles. The summed E-state index contributed by atoms with van der Waals surface area (Å²) in [4.78, 5) is 5.17. The Hall–Kier alpha value is -1.68. The van der Waals surface area contributed by atoms with Crippen molar-refractivity contribution >= 4 is 54.0 Å². The van der Waals surface area contributed by atoms with Crippen LogP contribution in [-0.2, 0) is 4.43 Å². The van der Waals surface area contributed by atoms with Gasteiger partial charge in [-0.3, -0.25) is 4.98 Å². The number of aromatic nitrogens is 1. The van der Waals surface area contributed by atoms with Crippen molar-refractivity contribution in [2.24, 2.45) is 0 Å². The van der Waals surface area contributed by atoms with Crippen LogP contribution in [0.1, 0.15) is 11.0 Å². The lowest BCUT2D eigenvalue weighted by Gasteiger charge is -2.21. The number of pyridine rings is 1. The van der Waals surface area contributed by atoms with Crippen molar-refractivity contribution in [2.75, 3.05) is 0 Å². The van der Waals surface area contributed by atoms with E-state index in [-0.39, 0.29) is 0 Å². The maximum atomic E-state index is 9.49. The lowest BCUT2D eigenvalue weighted by Crippen LogP contribution is -2.28. The Labute approximate surface area is 136 Å². The van der Waals surface area contributed by atoms with Crippen LogP contribution in [0.15, 0.2) is 30.5 Å². The normalized spacial score (nSPS) is 13.4. The maximum Gasteiger partial charge on any atom is 0.186 e. The molecule has 2 radical (unpaired) electrons. The lowest BCUT2D eigenvalue weighted by molar-refractivity contribution is 0.260. The second-order valence-corrected chi connectivity index (χ2v) is 11.7. The highest BCUT2D eigenvalue weighted by molar-refractivity contribution is 7.20. The first-order chi connectivity index (χ1) is 10.4. The molecule has 1 unspecified atom stereocenters. The van der Waals surface area contributed by atoms with Crippen LogP contribution in [0.4, 0.5) is 0 Å². The molecule has 22 heavy (non-hydrogen) atoms. The monoisotopic (exact) mass is 322 g/mol. The standard InChI is InChI=1S/C16H15BN2OSSi/c1-22(2,3)20-12(9-18)16-15(17)14-10-5-4-8-19-11(10)6-7-13(14)21-16/h4-8,12H,1-3H3. The Kier molecular flexibility index (Phi) is 3.81. The Morgan fingerprint density at radius 2 is 2.09 bits per heavy atom. The van der Waals surface area contributed by atoms with Gasteiger partial charge in [0.2, 0.25) is 0 Å². The first-order valence-electron chi connectivity index (χ1n) is 7.04. The highest BCUT2D eigenvalue weighted by atomic mass is 32.1. The van der Waals surface area contributed by atoms with Crippen LogP contribution < -0.4 is 5.46 Å². The summed E-state index contributed by atoms with van der Waals surface area (Å²) in [6.07, 6.45) is 1.17. The van der Waals surface area contributed by atoms with Crippen molar-refractivity contribution in [3.63, 3.8) is 0 Å². The van der Waals surface area contributed by atoms with Crippen molar-refractivity contribution < 1.29 is 4.43 Å². The van der Waals surface area contributed by atoms with E-state index >= 15 is 0 Å². The third-order valence-corrected chi connectivity index (χ3v) is 5.49. The minimum absolute atomic E-state index is 0.601. The van der Waals surface area contributed by atoms with Crippen LogP contribution in [0.25, 0.3) is 21.0 Å². The molecule has 3 aromatic rings. The predicted molar refractivity (Wildman–Crippen MR) is 95.3 cm³/mol. The predicted octanol–water partition coefficient (Wildman–Crippen LogP) is 3.66. The van der Waals surface area contributed by atoms with E-state index in [1.54, 1.807) is 6.20 Å². The van der Waals surface area contributed by atoms with Crippen molar-refractivity contribution in [1.29, 1.82) is 5.26 Å². The van der Waals surface area contributed by atoms with Gasteiger partial charge in [-0.25, -0.2) is 0 Å². The summed E-state index contributed by atoms with van der Waals surface area (Å²) in [5.74, 6) is 0. The Morgan fingerprint density at radius 3 is 2.77 bits per heavy atom. The van der Waals surface area contributed by atoms with Crippen molar-refractivity contribution in [3.05, 3.63) is 35.3 Å². The van der Waals surface area contributed by atoms with Gasteiger partial charge >= 0.3 is 0 Å². The number of thiophene rings is 1. The number of hydrogen-bond donors (Lipinski definition) is 0. The molecule has 3 nitrogen and oxygen atoms in total. The van der Waals surface area contributed by atoms with Gasteiger partial charge in [-0.05, 0) is 43.2 Å². The summed E-state index contributed by atoms with van der Waals surface area (Å²) in [5.41, 5.74) is 1.55. The smallest absolute Gasteiger partial charge is 0.186 e. The molecular formula is C16H15BN2OSSi. The summed E-state index contributed by atoms with van der Waals surface area (Å²) in [6, 6.07) is 10.2. The number of nitriles is 1. The quantitative estimate of drug-likeness (QED) is 0.691. The fraction of sp³-hybridized carbons (Fsp3) is 0.250. The molecule has 3 rings (SSSR count). The van der Waals surface area contributed by atoms with E-state index in [4.69, 9.17) is 12.3 Å². The zero-order chi connectivity index (χ0) is 15.9. The first kappa shape index (κ1) is 15.2. The fourth-order valence-corrected chi connectivity index (χ4v) is 4.56. The molecule has 1 atom stereocenters. The van der Waals surface area contributed by atoms with E-state index in [9.17, 15) is 5.26 Å². The molecule has 0 aliphatic carbocycles. The third-order valence-electron chi connectivity index (χ3n) is 3.33. The SMILES string of the molecule is [B]c1c(C(C#N)O[Si](C)(C)C)sc2ccc3ncccc3c12. The van der Waals surface area contributed by atoms with E-state index in [1.807, 2.05) is 24.3 Å². The Balaban J connectivity index is 2.22. The summed E-state index contributed by atoms with van der Waals surface area (Å²) >= 11 is 1.53. The van der Waals surface area contributed by atoms with Gasteiger partial charge in [-0.2, -0.15) is 5.26 Å². The van der Waals surface area contributed by atoms with Crippen molar-refractivity contribution in [2.45, 2.75) is 25.7 Å².